The molecule has 5 heteroatoms. The van der Waals surface area contributed by atoms with E-state index in [0.717, 1.165) is 45.2 Å². The molecule has 0 saturated carbocycles. The monoisotopic (exact) mass is 270 g/mol. The van der Waals surface area contributed by atoms with Crippen molar-refractivity contribution in [2.24, 2.45) is 5.41 Å². The number of hydrogen-bond acceptors (Lipinski definition) is 3. The molecule has 0 unspecified atom stereocenters. The lowest BCUT2D eigenvalue weighted by Crippen LogP contribution is -2.52. The van der Waals surface area contributed by atoms with E-state index in [9.17, 15) is 9.59 Å². The number of amides is 1. The van der Waals surface area contributed by atoms with Crippen LogP contribution in [0.3, 0.4) is 0 Å². The molecule has 1 aliphatic heterocycles. The quantitative estimate of drug-likeness (QED) is 0.655. The first-order valence-corrected chi connectivity index (χ1v) is 7.30. The predicted octanol–water partition coefficient (Wildman–Crippen LogP) is 1.53. The highest BCUT2D eigenvalue weighted by atomic mass is 16.4. The molecule has 5 nitrogen and oxygen atoms in total. The van der Waals surface area contributed by atoms with Crippen molar-refractivity contribution in [2.75, 3.05) is 13.1 Å². The van der Waals surface area contributed by atoms with Crippen molar-refractivity contribution in [2.45, 2.75) is 58.4 Å². The van der Waals surface area contributed by atoms with Crippen LogP contribution in [0.5, 0.6) is 0 Å². The summed E-state index contributed by atoms with van der Waals surface area (Å²) in [6.45, 7) is 5.66. The summed E-state index contributed by atoms with van der Waals surface area (Å²) in [5.74, 6) is -1.01. The summed E-state index contributed by atoms with van der Waals surface area (Å²) < 4.78 is 0. The molecular formula is C14H26N2O3. The van der Waals surface area contributed by atoms with Gasteiger partial charge in [-0.3, -0.25) is 4.79 Å². The molecule has 0 radical (unpaired) electrons. The fourth-order valence-electron chi connectivity index (χ4n) is 2.83. The second-order valence-electron chi connectivity index (χ2n) is 5.43. The zero-order valence-electron chi connectivity index (χ0n) is 12.0. The number of aliphatic carboxylic acids is 1. The molecule has 0 aromatic carbocycles. The van der Waals surface area contributed by atoms with E-state index in [1.807, 2.05) is 6.92 Å². The molecule has 1 aliphatic rings. The first kappa shape index (κ1) is 16.0. The van der Waals surface area contributed by atoms with E-state index in [1.54, 1.807) is 0 Å². The zero-order valence-corrected chi connectivity index (χ0v) is 12.0. The van der Waals surface area contributed by atoms with Gasteiger partial charge in [-0.2, -0.15) is 0 Å². The van der Waals surface area contributed by atoms with E-state index in [0.29, 0.717) is 6.42 Å². The minimum atomic E-state index is -0.934. The Hall–Kier alpha value is -1.10. The van der Waals surface area contributed by atoms with Crippen LogP contribution >= 0.6 is 0 Å². The van der Waals surface area contributed by atoms with E-state index in [4.69, 9.17) is 5.11 Å². The average Bonchev–Trinajstić information content (AvgIpc) is 2.39. The number of carbonyl (C=O) groups excluding carboxylic acids is 1. The molecule has 1 rings (SSSR count). The highest BCUT2D eigenvalue weighted by molar-refractivity contribution is 5.87. The first-order chi connectivity index (χ1) is 9.05. The van der Waals surface area contributed by atoms with Gasteiger partial charge in [0.25, 0.3) is 0 Å². The van der Waals surface area contributed by atoms with Crippen molar-refractivity contribution < 1.29 is 14.7 Å². The third-order valence-corrected chi connectivity index (χ3v) is 3.95. The molecule has 0 bridgehead atoms. The van der Waals surface area contributed by atoms with Gasteiger partial charge >= 0.3 is 5.97 Å². The molecule has 1 heterocycles. The summed E-state index contributed by atoms with van der Waals surface area (Å²) in [4.78, 5) is 23.6. The van der Waals surface area contributed by atoms with Gasteiger partial charge in [0.1, 0.15) is 6.04 Å². The molecule has 1 fully saturated rings. The number of carboxylic acids is 1. The van der Waals surface area contributed by atoms with Crippen LogP contribution in [0.15, 0.2) is 0 Å². The van der Waals surface area contributed by atoms with Crippen LogP contribution in [0, 0.1) is 5.41 Å². The van der Waals surface area contributed by atoms with Gasteiger partial charge < -0.3 is 15.7 Å². The van der Waals surface area contributed by atoms with Crippen molar-refractivity contribution in [1.82, 2.24) is 10.6 Å². The molecule has 110 valence electrons. The molecule has 0 aromatic heterocycles. The lowest BCUT2D eigenvalue weighted by atomic mass is 9.74. The second kappa shape index (κ2) is 7.48. The van der Waals surface area contributed by atoms with Gasteiger partial charge in [-0.15, -0.1) is 0 Å². The van der Waals surface area contributed by atoms with Gasteiger partial charge in [0.05, 0.1) is 5.41 Å². The van der Waals surface area contributed by atoms with Crippen molar-refractivity contribution in [3.63, 3.8) is 0 Å². The molecule has 3 N–H and O–H groups in total. The van der Waals surface area contributed by atoms with Gasteiger partial charge in [0.2, 0.25) is 5.91 Å². The molecule has 0 aromatic rings. The third kappa shape index (κ3) is 4.20. The number of rotatable bonds is 7. The maximum atomic E-state index is 12.5. The standard InChI is InChI=1S/C14H26N2O3/c1-3-5-11(12(17)18)16-13(19)14(6-4-2)7-9-15-10-8-14/h11,15H,3-10H2,1-2H3,(H,16,19)(H,17,18)/t11-/m1/s1. The van der Waals surface area contributed by atoms with Crippen LogP contribution in [0.1, 0.15) is 52.4 Å². The highest BCUT2D eigenvalue weighted by Crippen LogP contribution is 2.34. The van der Waals surface area contributed by atoms with Gasteiger partial charge in [-0.05, 0) is 38.8 Å². The van der Waals surface area contributed by atoms with Crippen molar-refractivity contribution in [1.29, 1.82) is 0 Å². The number of carboxylic acid groups (broad SMARTS) is 1. The minimum Gasteiger partial charge on any atom is -0.480 e. The second-order valence-corrected chi connectivity index (χ2v) is 5.43. The average molecular weight is 270 g/mol. The Morgan fingerprint density at radius 2 is 1.89 bits per heavy atom. The summed E-state index contributed by atoms with van der Waals surface area (Å²) in [6.07, 6.45) is 4.61. The van der Waals surface area contributed by atoms with Crippen molar-refractivity contribution in [3.05, 3.63) is 0 Å². The largest absolute Gasteiger partial charge is 0.480 e. The molecule has 1 amide bonds. The fourth-order valence-corrected chi connectivity index (χ4v) is 2.83. The Balaban J connectivity index is 2.73. The molecular weight excluding hydrogens is 244 g/mol. The molecule has 1 saturated heterocycles. The number of piperidine rings is 1. The van der Waals surface area contributed by atoms with Crippen LogP contribution in [0.25, 0.3) is 0 Å². The SMILES string of the molecule is CCC[C@@H](NC(=O)C1(CCC)CCNCC1)C(=O)O. The van der Waals surface area contributed by atoms with Crippen LogP contribution in [0.4, 0.5) is 0 Å². The van der Waals surface area contributed by atoms with Crippen LogP contribution in [0.2, 0.25) is 0 Å². The number of hydrogen-bond donors (Lipinski definition) is 3. The minimum absolute atomic E-state index is 0.0725. The lowest BCUT2D eigenvalue weighted by Gasteiger charge is -2.37. The summed E-state index contributed by atoms with van der Waals surface area (Å²) in [5.41, 5.74) is -0.374. The molecule has 0 aliphatic carbocycles. The Labute approximate surface area is 115 Å². The maximum absolute atomic E-state index is 12.5. The van der Waals surface area contributed by atoms with Crippen molar-refractivity contribution >= 4 is 11.9 Å². The van der Waals surface area contributed by atoms with E-state index < -0.39 is 12.0 Å². The maximum Gasteiger partial charge on any atom is 0.326 e. The Bertz CT molecular complexity index is 306. The van der Waals surface area contributed by atoms with E-state index in [1.165, 1.54) is 0 Å². The fraction of sp³-hybridized carbons (Fsp3) is 0.857. The molecule has 1 atom stereocenters. The Kier molecular flexibility index (Phi) is 6.28. The highest BCUT2D eigenvalue weighted by Gasteiger charge is 2.39. The third-order valence-electron chi connectivity index (χ3n) is 3.95. The molecule has 0 spiro atoms. The van der Waals surface area contributed by atoms with Crippen molar-refractivity contribution in [3.8, 4) is 0 Å². The number of nitrogens with one attached hydrogen (secondary N) is 2. The topological polar surface area (TPSA) is 78.4 Å². The summed E-state index contributed by atoms with van der Waals surface area (Å²) in [6, 6.07) is -0.749. The van der Waals surface area contributed by atoms with Gasteiger partial charge in [0, 0.05) is 0 Å². The summed E-state index contributed by atoms with van der Waals surface area (Å²) >= 11 is 0. The van der Waals surface area contributed by atoms with Crippen LogP contribution in [-0.2, 0) is 9.59 Å². The summed E-state index contributed by atoms with van der Waals surface area (Å²) in [5, 5.41) is 15.1. The van der Waals surface area contributed by atoms with Gasteiger partial charge in [-0.1, -0.05) is 26.7 Å². The van der Waals surface area contributed by atoms with Crippen LogP contribution < -0.4 is 10.6 Å². The van der Waals surface area contributed by atoms with Gasteiger partial charge in [-0.25, -0.2) is 4.79 Å². The molecule has 19 heavy (non-hydrogen) atoms. The number of carbonyl (C=O) groups is 2. The summed E-state index contributed by atoms with van der Waals surface area (Å²) in [7, 11) is 0. The Morgan fingerprint density at radius 3 is 2.37 bits per heavy atom. The predicted molar refractivity (Wildman–Crippen MR) is 73.9 cm³/mol. The van der Waals surface area contributed by atoms with E-state index in [-0.39, 0.29) is 11.3 Å². The first-order valence-electron chi connectivity index (χ1n) is 7.30. The normalized spacial score (nSPS) is 19.7. The van der Waals surface area contributed by atoms with E-state index >= 15 is 0 Å². The zero-order chi connectivity index (χ0) is 14.3. The van der Waals surface area contributed by atoms with Gasteiger partial charge in [0.15, 0.2) is 0 Å². The smallest absolute Gasteiger partial charge is 0.326 e. The Morgan fingerprint density at radius 1 is 1.26 bits per heavy atom. The van der Waals surface area contributed by atoms with E-state index in [2.05, 4.69) is 17.6 Å². The van der Waals surface area contributed by atoms with Crippen LogP contribution in [-0.4, -0.2) is 36.1 Å². The lowest BCUT2D eigenvalue weighted by molar-refractivity contribution is -0.144.